The quantitative estimate of drug-likeness (QED) is 0.158. The van der Waals surface area contributed by atoms with Gasteiger partial charge < -0.3 is 14.9 Å². The summed E-state index contributed by atoms with van der Waals surface area (Å²) < 4.78 is 8.40. The van der Waals surface area contributed by atoms with E-state index in [0.29, 0.717) is 29.9 Å². The zero-order chi connectivity index (χ0) is 32.1. The van der Waals surface area contributed by atoms with E-state index in [1.54, 1.807) is 53.9 Å². The van der Waals surface area contributed by atoms with E-state index in [9.17, 15) is 9.59 Å². The Morgan fingerprint density at radius 3 is 1.91 bits per heavy atom. The van der Waals surface area contributed by atoms with Gasteiger partial charge in [-0.2, -0.15) is 10.2 Å². The van der Waals surface area contributed by atoms with Gasteiger partial charge in [0, 0.05) is 48.7 Å². The van der Waals surface area contributed by atoms with Crippen LogP contribution in [0.5, 0.6) is 0 Å². The van der Waals surface area contributed by atoms with Crippen LogP contribution in [0.3, 0.4) is 0 Å². The van der Waals surface area contributed by atoms with Gasteiger partial charge in [-0.1, -0.05) is 36.4 Å². The maximum atomic E-state index is 11.9. The molecule has 0 aliphatic carbocycles. The highest BCUT2D eigenvalue weighted by molar-refractivity contribution is 5.96. The zero-order valence-corrected chi connectivity index (χ0v) is 25.3. The Morgan fingerprint density at radius 2 is 1.33 bits per heavy atom. The number of aromatic nitrogens is 6. The fraction of sp³-hybridized carbons (Fsp3) is 0.118. The number of esters is 1. The molecule has 0 fully saturated rings. The number of nitrogens with zero attached hydrogens (tertiary/aromatic N) is 6. The van der Waals surface area contributed by atoms with E-state index in [-0.39, 0.29) is 5.97 Å². The van der Waals surface area contributed by atoms with Crippen LogP contribution in [-0.4, -0.2) is 48.6 Å². The number of methoxy groups -OCH3 is 1. The molecule has 2 N–H and O–H groups in total. The number of hydroxylamine groups is 1. The van der Waals surface area contributed by atoms with Crippen LogP contribution in [0, 0.1) is 6.92 Å². The van der Waals surface area contributed by atoms with Gasteiger partial charge in [0.15, 0.2) is 0 Å². The lowest BCUT2D eigenvalue weighted by Crippen LogP contribution is -2.19. The molecular weight excluding hydrogens is 584 g/mol. The summed E-state index contributed by atoms with van der Waals surface area (Å²) in [5.74, 6) is -0.833. The Morgan fingerprint density at radius 1 is 0.739 bits per heavy atom. The number of pyridine rings is 2. The van der Waals surface area contributed by atoms with E-state index in [4.69, 9.17) is 9.57 Å². The summed E-state index contributed by atoms with van der Waals surface area (Å²) in [6.07, 6.45) is 12.0. The lowest BCUT2D eigenvalue weighted by atomic mass is 10.1. The van der Waals surface area contributed by atoms with Crippen molar-refractivity contribution in [3.63, 3.8) is 0 Å². The summed E-state index contributed by atoms with van der Waals surface area (Å²) in [6, 6.07) is 24.5. The first kappa shape index (κ1) is 31.3. The van der Waals surface area contributed by atoms with Crippen molar-refractivity contribution in [2.24, 2.45) is 0 Å². The van der Waals surface area contributed by atoms with Gasteiger partial charge in [0.25, 0.3) is 0 Å². The van der Waals surface area contributed by atoms with Crippen LogP contribution in [0.15, 0.2) is 122 Å². The van der Waals surface area contributed by atoms with Crippen LogP contribution in [-0.2, 0) is 22.7 Å². The average Bonchev–Trinajstić information content (AvgIpc) is 3.79. The molecule has 0 atom stereocenters. The Bertz CT molecular complexity index is 1860. The summed E-state index contributed by atoms with van der Waals surface area (Å²) >= 11 is 0. The number of aryl methyl sites for hydroxylation is 1. The molecule has 0 saturated carbocycles. The molecule has 0 aliphatic heterocycles. The molecule has 4 aromatic heterocycles. The summed E-state index contributed by atoms with van der Waals surface area (Å²) in [6.45, 7) is 2.76. The van der Waals surface area contributed by atoms with Gasteiger partial charge in [-0.3, -0.25) is 9.97 Å². The van der Waals surface area contributed by atoms with E-state index in [1.165, 1.54) is 7.11 Å². The number of nitrogens with one attached hydrogen (secondary N) is 2. The van der Waals surface area contributed by atoms with E-state index in [2.05, 4.69) is 31.0 Å². The molecule has 0 bridgehead atoms. The van der Waals surface area contributed by atoms with Gasteiger partial charge in [0.05, 0.1) is 59.9 Å². The standard InChI is InChI=1S/C18H18N4O2.C16H14N4O2/c1-13-17(16(8-9-19-13)18(23)24-2)20-10-14-11-21-22(12-14)15-6-4-3-5-7-15;21-16(14-6-8-17-9-7-14)22-19-11-13-10-18-20(12-13)15-4-2-1-3-5-15/h3-9,11-12,20H,10H2,1-2H3;1-10,12,19H,11H2. The van der Waals surface area contributed by atoms with E-state index in [1.807, 2.05) is 84.7 Å². The highest BCUT2D eigenvalue weighted by Crippen LogP contribution is 2.20. The molecule has 0 saturated heterocycles. The maximum Gasteiger partial charge on any atom is 0.356 e. The third kappa shape index (κ3) is 8.27. The van der Waals surface area contributed by atoms with Gasteiger partial charge >= 0.3 is 11.9 Å². The number of ether oxygens (including phenoxy) is 1. The molecule has 6 aromatic rings. The van der Waals surface area contributed by atoms with Gasteiger partial charge in [0.1, 0.15) is 0 Å². The van der Waals surface area contributed by atoms with Crippen LogP contribution in [0.4, 0.5) is 5.69 Å². The Hall–Kier alpha value is -6.14. The van der Waals surface area contributed by atoms with Crippen molar-refractivity contribution in [1.82, 2.24) is 35.0 Å². The number of para-hydroxylation sites is 2. The fourth-order valence-electron chi connectivity index (χ4n) is 4.34. The molecule has 0 unspecified atom stereocenters. The molecule has 12 nitrogen and oxygen atoms in total. The minimum absolute atomic E-state index is 0.379. The number of rotatable bonds is 10. The molecule has 0 aliphatic rings. The van der Waals surface area contributed by atoms with Crippen molar-refractivity contribution >= 4 is 17.6 Å². The zero-order valence-electron chi connectivity index (χ0n) is 25.3. The van der Waals surface area contributed by atoms with Crippen molar-refractivity contribution < 1.29 is 19.2 Å². The summed E-state index contributed by atoms with van der Waals surface area (Å²) in [5.41, 5.74) is 8.86. The summed E-state index contributed by atoms with van der Waals surface area (Å²) in [7, 11) is 1.37. The van der Waals surface area contributed by atoms with Crippen molar-refractivity contribution in [3.05, 3.63) is 150 Å². The Labute approximate surface area is 265 Å². The smallest absolute Gasteiger partial charge is 0.356 e. The fourth-order valence-corrected chi connectivity index (χ4v) is 4.34. The van der Waals surface area contributed by atoms with Crippen LogP contribution in [0.2, 0.25) is 0 Å². The molecule has 2 aromatic carbocycles. The van der Waals surface area contributed by atoms with Gasteiger partial charge in [-0.05, 0) is 49.4 Å². The summed E-state index contributed by atoms with van der Waals surface area (Å²) in [4.78, 5) is 36.7. The predicted molar refractivity (Wildman–Crippen MR) is 171 cm³/mol. The molecular formula is C34H32N8O4. The van der Waals surface area contributed by atoms with Gasteiger partial charge in [-0.15, -0.1) is 5.48 Å². The lowest BCUT2D eigenvalue weighted by Gasteiger charge is -2.12. The largest absolute Gasteiger partial charge is 0.465 e. The number of carbonyl (C=O) groups is 2. The minimum atomic E-state index is -0.446. The lowest BCUT2D eigenvalue weighted by molar-refractivity contribution is 0.0237. The monoisotopic (exact) mass is 616 g/mol. The van der Waals surface area contributed by atoms with E-state index >= 15 is 0 Å². The summed E-state index contributed by atoms with van der Waals surface area (Å²) in [5, 5.41) is 11.9. The third-order valence-electron chi connectivity index (χ3n) is 6.69. The molecule has 4 heterocycles. The first-order valence-corrected chi connectivity index (χ1v) is 14.3. The molecule has 0 radical (unpaired) electrons. The Kier molecular flexibility index (Phi) is 10.6. The maximum absolute atomic E-state index is 11.9. The van der Waals surface area contributed by atoms with Crippen LogP contribution >= 0.6 is 0 Å². The van der Waals surface area contributed by atoms with E-state index < -0.39 is 5.97 Å². The van der Waals surface area contributed by atoms with Crippen LogP contribution in [0.25, 0.3) is 11.4 Å². The van der Waals surface area contributed by atoms with Gasteiger partial charge in [-0.25, -0.2) is 19.0 Å². The molecule has 46 heavy (non-hydrogen) atoms. The highest BCUT2D eigenvalue weighted by Gasteiger charge is 2.14. The SMILES string of the molecule is COC(=O)c1ccnc(C)c1NCc1cnn(-c2ccccc2)c1.O=C(ONCc1cnn(-c2ccccc2)c1)c1ccncc1. The highest BCUT2D eigenvalue weighted by atomic mass is 16.7. The number of benzene rings is 2. The topological polar surface area (TPSA) is 138 Å². The molecule has 6 rings (SSSR count). The molecule has 12 heteroatoms. The normalized spacial score (nSPS) is 10.4. The second-order valence-corrected chi connectivity index (χ2v) is 9.87. The van der Waals surface area contributed by atoms with Gasteiger partial charge in [0.2, 0.25) is 0 Å². The second kappa shape index (κ2) is 15.5. The van der Waals surface area contributed by atoms with Crippen molar-refractivity contribution in [2.75, 3.05) is 12.4 Å². The average molecular weight is 617 g/mol. The molecule has 0 spiro atoms. The molecule has 232 valence electrons. The third-order valence-corrected chi connectivity index (χ3v) is 6.69. The van der Waals surface area contributed by atoms with Crippen molar-refractivity contribution in [2.45, 2.75) is 20.0 Å². The number of carbonyl (C=O) groups excluding carboxylic acids is 2. The van der Waals surface area contributed by atoms with E-state index in [0.717, 1.165) is 28.2 Å². The van der Waals surface area contributed by atoms with Crippen molar-refractivity contribution in [3.8, 4) is 11.4 Å². The predicted octanol–water partition coefficient (Wildman–Crippen LogP) is 5.10. The number of anilines is 1. The first-order chi connectivity index (χ1) is 22.5. The molecule has 0 amide bonds. The minimum Gasteiger partial charge on any atom is -0.465 e. The van der Waals surface area contributed by atoms with Crippen molar-refractivity contribution in [1.29, 1.82) is 0 Å². The first-order valence-electron chi connectivity index (χ1n) is 14.3. The second-order valence-electron chi connectivity index (χ2n) is 9.87. The van der Waals surface area contributed by atoms with Crippen LogP contribution < -0.4 is 10.8 Å². The number of hydrogen-bond acceptors (Lipinski definition) is 10. The Balaban J connectivity index is 0.000000182. The number of hydrogen-bond donors (Lipinski definition) is 2. The van der Waals surface area contributed by atoms with Crippen LogP contribution in [0.1, 0.15) is 37.5 Å².